The number of piperidine rings is 1. The largest absolute Gasteiger partial charge is 0.244 e. The Bertz CT molecular complexity index is 652. The number of hydrogen-bond donors (Lipinski definition) is 0. The highest BCUT2D eigenvalue weighted by Crippen LogP contribution is 2.31. The van der Waals surface area contributed by atoms with E-state index in [1.54, 1.807) is 0 Å². The van der Waals surface area contributed by atoms with Crippen molar-refractivity contribution in [3.05, 3.63) is 28.8 Å². The number of halogens is 1. The van der Waals surface area contributed by atoms with Gasteiger partial charge in [0.25, 0.3) is 0 Å². The number of rotatable bonds is 2. The Morgan fingerprint density at radius 1 is 1.35 bits per heavy atom. The maximum Gasteiger partial charge on any atom is 0.244 e. The highest BCUT2D eigenvalue weighted by atomic mass is 35.5. The molecule has 0 aliphatic carbocycles. The van der Waals surface area contributed by atoms with Gasteiger partial charge in [0.05, 0.1) is 16.7 Å². The summed E-state index contributed by atoms with van der Waals surface area (Å²) in [6, 6.07) is 6.24. The van der Waals surface area contributed by atoms with E-state index < -0.39 is 10.0 Å². The van der Waals surface area contributed by atoms with E-state index in [1.165, 1.54) is 22.5 Å². The van der Waals surface area contributed by atoms with Crippen LogP contribution in [0.3, 0.4) is 0 Å². The first-order chi connectivity index (χ1) is 9.36. The molecule has 0 amide bonds. The molecule has 20 heavy (non-hydrogen) atoms. The third-order valence-electron chi connectivity index (χ3n) is 3.71. The molecule has 2 atom stereocenters. The number of sulfonamides is 1. The lowest BCUT2D eigenvalue weighted by Gasteiger charge is -2.35. The van der Waals surface area contributed by atoms with Crippen molar-refractivity contribution < 1.29 is 8.42 Å². The van der Waals surface area contributed by atoms with Gasteiger partial charge in [0.1, 0.15) is 4.90 Å². The lowest BCUT2D eigenvalue weighted by atomic mass is 9.97. The maximum absolute atomic E-state index is 12.8. The van der Waals surface area contributed by atoms with Crippen molar-refractivity contribution in [1.29, 1.82) is 5.26 Å². The minimum atomic E-state index is -3.66. The Morgan fingerprint density at radius 3 is 2.70 bits per heavy atom. The van der Waals surface area contributed by atoms with Gasteiger partial charge >= 0.3 is 0 Å². The molecular formula is C14H17ClN2O2S. The quantitative estimate of drug-likeness (QED) is 0.843. The highest BCUT2D eigenvalue weighted by Gasteiger charge is 2.34. The van der Waals surface area contributed by atoms with Gasteiger partial charge in [-0.05, 0) is 43.9 Å². The summed E-state index contributed by atoms with van der Waals surface area (Å²) in [5.74, 6) is 0.332. The second kappa shape index (κ2) is 5.72. The summed E-state index contributed by atoms with van der Waals surface area (Å²) in [6.45, 7) is 4.45. The Labute approximate surface area is 125 Å². The van der Waals surface area contributed by atoms with E-state index in [4.69, 9.17) is 16.9 Å². The van der Waals surface area contributed by atoms with Crippen molar-refractivity contribution in [1.82, 2.24) is 4.31 Å². The molecule has 108 valence electrons. The van der Waals surface area contributed by atoms with Crippen LogP contribution in [0.25, 0.3) is 0 Å². The van der Waals surface area contributed by atoms with Crippen molar-refractivity contribution in [3.8, 4) is 6.07 Å². The molecule has 1 aliphatic rings. The average molecular weight is 313 g/mol. The number of benzene rings is 1. The molecule has 6 heteroatoms. The summed E-state index contributed by atoms with van der Waals surface area (Å²) in [5, 5.41) is 9.08. The fourth-order valence-electron chi connectivity index (χ4n) is 2.48. The lowest BCUT2D eigenvalue weighted by molar-refractivity contribution is 0.218. The topological polar surface area (TPSA) is 61.2 Å². The second-order valence-electron chi connectivity index (χ2n) is 5.36. The van der Waals surface area contributed by atoms with Crippen LogP contribution in [0.1, 0.15) is 32.3 Å². The van der Waals surface area contributed by atoms with Crippen LogP contribution in [0, 0.1) is 17.2 Å². The Morgan fingerprint density at radius 2 is 2.05 bits per heavy atom. The van der Waals surface area contributed by atoms with Crippen molar-refractivity contribution in [2.75, 3.05) is 6.54 Å². The normalized spacial score (nSPS) is 24.3. The van der Waals surface area contributed by atoms with Gasteiger partial charge in [0.2, 0.25) is 10.0 Å². The number of nitrogens with zero attached hydrogens (tertiary/aromatic N) is 2. The fraction of sp³-hybridized carbons (Fsp3) is 0.500. The molecule has 0 radical (unpaired) electrons. The first-order valence-electron chi connectivity index (χ1n) is 6.57. The van der Waals surface area contributed by atoms with Crippen molar-refractivity contribution in [2.24, 2.45) is 5.92 Å². The zero-order valence-electron chi connectivity index (χ0n) is 11.5. The van der Waals surface area contributed by atoms with E-state index >= 15 is 0 Å². The smallest absolute Gasteiger partial charge is 0.207 e. The molecule has 4 nitrogen and oxygen atoms in total. The van der Waals surface area contributed by atoms with Crippen molar-refractivity contribution in [2.45, 2.75) is 37.6 Å². The monoisotopic (exact) mass is 312 g/mol. The van der Waals surface area contributed by atoms with Crippen LogP contribution in [0.15, 0.2) is 23.1 Å². The second-order valence-corrected chi connectivity index (χ2v) is 7.63. The molecule has 1 aromatic rings. The zero-order valence-corrected chi connectivity index (χ0v) is 13.1. The molecule has 0 N–H and O–H groups in total. The third kappa shape index (κ3) is 2.83. The fourth-order valence-corrected chi connectivity index (χ4v) is 4.76. The molecule has 1 aromatic carbocycles. The van der Waals surface area contributed by atoms with Crippen LogP contribution in [-0.2, 0) is 10.0 Å². The van der Waals surface area contributed by atoms with Crippen LogP contribution in [0.2, 0.25) is 5.02 Å². The molecule has 0 aromatic heterocycles. The van der Waals surface area contributed by atoms with E-state index in [2.05, 4.69) is 0 Å². The molecule has 1 aliphatic heterocycles. The van der Waals surface area contributed by atoms with E-state index in [0.717, 1.165) is 12.8 Å². The zero-order chi connectivity index (χ0) is 14.9. The average Bonchev–Trinajstić information content (AvgIpc) is 2.41. The minimum absolute atomic E-state index is 0.0270. The summed E-state index contributed by atoms with van der Waals surface area (Å²) in [6.07, 6.45) is 1.87. The summed E-state index contributed by atoms with van der Waals surface area (Å²) in [7, 11) is -3.66. The highest BCUT2D eigenvalue weighted by molar-refractivity contribution is 7.89. The lowest BCUT2D eigenvalue weighted by Crippen LogP contribution is -2.44. The van der Waals surface area contributed by atoms with Gasteiger partial charge in [-0.25, -0.2) is 8.42 Å². The number of hydrogen-bond acceptors (Lipinski definition) is 3. The van der Waals surface area contributed by atoms with E-state index in [1.807, 2.05) is 19.9 Å². The van der Waals surface area contributed by atoms with Crippen LogP contribution in [0.5, 0.6) is 0 Å². The van der Waals surface area contributed by atoms with Gasteiger partial charge in [0, 0.05) is 12.6 Å². The molecule has 2 rings (SSSR count). The summed E-state index contributed by atoms with van der Waals surface area (Å²) in [5.41, 5.74) is 0.297. The van der Waals surface area contributed by atoms with Crippen LogP contribution >= 0.6 is 11.6 Å². The first kappa shape index (κ1) is 15.3. The van der Waals surface area contributed by atoms with Gasteiger partial charge in [-0.2, -0.15) is 9.57 Å². The summed E-state index contributed by atoms with van der Waals surface area (Å²) < 4.78 is 27.0. The predicted octanol–water partition coefficient (Wildman–Crippen LogP) is 3.02. The van der Waals surface area contributed by atoms with Crippen LogP contribution < -0.4 is 0 Å². The molecule has 2 unspecified atom stereocenters. The molecule has 1 heterocycles. The van der Waals surface area contributed by atoms with Gasteiger partial charge in [-0.15, -0.1) is 0 Å². The molecule has 0 saturated carbocycles. The molecule has 0 spiro atoms. The molecule has 0 bridgehead atoms. The van der Waals surface area contributed by atoms with E-state index in [0.29, 0.717) is 18.0 Å². The van der Waals surface area contributed by atoms with E-state index in [-0.39, 0.29) is 16.0 Å². The molecular weight excluding hydrogens is 296 g/mol. The molecule has 1 saturated heterocycles. The Balaban J connectivity index is 2.47. The Hall–Kier alpha value is -1.09. The summed E-state index contributed by atoms with van der Waals surface area (Å²) in [4.78, 5) is 0.0270. The van der Waals surface area contributed by atoms with Gasteiger partial charge < -0.3 is 0 Å². The van der Waals surface area contributed by atoms with Crippen LogP contribution in [-0.4, -0.2) is 25.3 Å². The SMILES string of the molecule is CC1CCC(C)N(S(=O)(=O)c2cc(C#N)ccc2Cl)C1. The van der Waals surface area contributed by atoms with Gasteiger partial charge in [0.15, 0.2) is 0 Å². The predicted molar refractivity (Wildman–Crippen MR) is 77.9 cm³/mol. The van der Waals surface area contributed by atoms with Gasteiger partial charge in [-0.3, -0.25) is 0 Å². The van der Waals surface area contributed by atoms with Crippen molar-refractivity contribution >= 4 is 21.6 Å². The minimum Gasteiger partial charge on any atom is -0.207 e. The third-order valence-corrected chi connectivity index (χ3v) is 6.17. The number of nitriles is 1. The van der Waals surface area contributed by atoms with Crippen LogP contribution in [0.4, 0.5) is 0 Å². The summed E-state index contributed by atoms with van der Waals surface area (Å²) >= 11 is 6.03. The standard InChI is InChI=1S/C14H17ClN2O2S/c1-10-3-4-11(2)17(9-10)20(18,19)14-7-12(8-16)5-6-13(14)15/h5-7,10-11H,3-4,9H2,1-2H3. The molecule has 1 fully saturated rings. The van der Waals surface area contributed by atoms with E-state index in [9.17, 15) is 8.42 Å². The Kier molecular flexibility index (Phi) is 4.38. The van der Waals surface area contributed by atoms with Crippen molar-refractivity contribution in [3.63, 3.8) is 0 Å². The van der Waals surface area contributed by atoms with Gasteiger partial charge in [-0.1, -0.05) is 18.5 Å². The maximum atomic E-state index is 12.8. The first-order valence-corrected chi connectivity index (χ1v) is 8.39.